The summed E-state index contributed by atoms with van der Waals surface area (Å²) in [4.78, 5) is 13.1. The van der Waals surface area contributed by atoms with Gasteiger partial charge >= 0.3 is 0 Å². The maximum absolute atomic E-state index is 13.5. The van der Waals surface area contributed by atoms with E-state index in [1.54, 1.807) is 12.4 Å². The molecular weight excluding hydrogens is 386 g/mol. The second-order valence-electron chi connectivity index (χ2n) is 6.69. The number of pyridine rings is 2. The number of hydrogen-bond donors (Lipinski definition) is 1. The Bertz CT molecular complexity index is 1110. The van der Waals surface area contributed by atoms with Gasteiger partial charge in [0.1, 0.15) is 17.0 Å². The van der Waals surface area contributed by atoms with Gasteiger partial charge in [-0.15, -0.1) is 0 Å². The summed E-state index contributed by atoms with van der Waals surface area (Å²) in [6.45, 7) is 2.79. The van der Waals surface area contributed by atoms with Gasteiger partial charge in [-0.3, -0.25) is 10.1 Å². The molecule has 0 saturated carbocycles. The van der Waals surface area contributed by atoms with Crippen LogP contribution in [0, 0.1) is 0 Å². The van der Waals surface area contributed by atoms with Crippen molar-refractivity contribution < 1.29 is 9.29 Å². The first-order valence-electron chi connectivity index (χ1n) is 9.40. The zero-order valence-corrected chi connectivity index (χ0v) is 16.4. The Morgan fingerprint density at radius 3 is 2.62 bits per heavy atom. The number of morpholine rings is 1. The molecule has 0 radical (unpaired) electrons. The fourth-order valence-electron chi connectivity index (χ4n) is 3.47. The second-order valence-corrected chi connectivity index (χ2v) is 8.13. The number of hydrogen-bond acceptors (Lipinski definition) is 6. The van der Waals surface area contributed by atoms with E-state index in [9.17, 15) is 4.55 Å². The van der Waals surface area contributed by atoms with Crippen molar-refractivity contribution in [3.8, 4) is 11.4 Å². The van der Waals surface area contributed by atoms with Crippen LogP contribution < -0.4 is 4.90 Å². The largest absolute Gasteiger partial charge is 0.606 e. The number of nitrogens with zero attached hydrogens (tertiary/aromatic N) is 4. The fraction of sp³-hybridized carbons (Fsp3) is 0.190. The molecule has 7 nitrogen and oxygen atoms in total. The molecule has 0 amide bonds. The molecule has 4 aromatic rings. The highest BCUT2D eigenvalue weighted by atomic mass is 32.2. The van der Waals surface area contributed by atoms with Crippen LogP contribution in [0.1, 0.15) is 0 Å². The van der Waals surface area contributed by atoms with Gasteiger partial charge in [-0.25, -0.2) is 4.98 Å². The molecule has 0 spiro atoms. The summed E-state index contributed by atoms with van der Waals surface area (Å²) in [7, 11) is 0. The summed E-state index contributed by atoms with van der Waals surface area (Å²) < 4.78 is 19.0. The quantitative estimate of drug-likeness (QED) is 0.525. The summed E-state index contributed by atoms with van der Waals surface area (Å²) in [5.41, 5.74) is 2.18. The van der Waals surface area contributed by atoms with Crippen molar-refractivity contribution in [3.63, 3.8) is 0 Å². The maximum atomic E-state index is 13.5. The minimum atomic E-state index is -1.34. The third-order valence-electron chi connectivity index (χ3n) is 4.92. The van der Waals surface area contributed by atoms with E-state index in [4.69, 9.17) is 9.72 Å². The molecule has 1 fully saturated rings. The van der Waals surface area contributed by atoms with E-state index in [2.05, 4.69) is 20.1 Å². The van der Waals surface area contributed by atoms with Crippen LogP contribution in [0.5, 0.6) is 0 Å². The van der Waals surface area contributed by atoms with Gasteiger partial charge in [-0.2, -0.15) is 5.10 Å². The summed E-state index contributed by atoms with van der Waals surface area (Å²) >= 11 is -1.34. The van der Waals surface area contributed by atoms with Gasteiger partial charge in [0.2, 0.25) is 0 Å². The Morgan fingerprint density at radius 1 is 1.03 bits per heavy atom. The predicted molar refractivity (Wildman–Crippen MR) is 111 cm³/mol. The van der Waals surface area contributed by atoms with E-state index in [-0.39, 0.29) is 0 Å². The molecule has 1 N–H and O–H groups in total. The first-order valence-corrected chi connectivity index (χ1v) is 10.6. The van der Waals surface area contributed by atoms with Gasteiger partial charge in [0.05, 0.1) is 24.3 Å². The van der Waals surface area contributed by atoms with Crippen molar-refractivity contribution in [1.29, 1.82) is 0 Å². The summed E-state index contributed by atoms with van der Waals surface area (Å²) in [6.07, 6.45) is 3.41. The van der Waals surface area contributed by atoms with Crippen molar-refractivity contribution in [1.82, 2.24) is 20.2 Å². The lowest BCUT2D eigenvalue weighted by molar-refractivity contribution is 0.122. The smallest absolute Gasteiger partial charge is 0.171 e. The van der Waals surface area contributed by atoms with Crippen LogP contribution in [0.15, 0.2) is 70.7 Å². The van der Waals surface area contributed by atoms with E-state index < -0.39 is 11.2 Å². The topological polar surface area (TPSA) is 90.0 Å². The van der Waals surface area contributed by atoms with Crippen LogP contribution in [0.4, 0.5) is 5.82 Å². The van der Waals surface area contributed by atoms with Crippen LogP contribution in [-0.4, -0.2) is 51.0 Å². The van der Waals surface area contributed by atoms with E-state index in [0.29, 0.717) is 24.4 Å². The highest BCUT2D eigenvalue weighted by molar-refractivity contribution is 7.91. The zero-order chi connectivity index (χ0) is 19.6. The second kappa shape index (κ2) is 7.82. The maximum Gasteiger partial charge on any atom is 0.171 e. The van der Waals surface area contributed by atoms with E-state index >= 15 is 0 Å². The molecule has 1 aliphatic heterocycles. The van der Waals surface area contributed by atoms with Crippen molar-refractivity contribution in [2.24, 2.45) is 0 Å². The molecule has 0 aliphatic carbocycles. The molecule has 1 aliphatic rings. The van der Waals surface area contributed by atoms with Gasteiger partial charge in [0.25, 0.3) is 0 Å². The van der Waals surface area contributed by atoms with Crippen molar-refractivity contribution >= 4 is 27.9 Å². The van der Waals surface area contributed by atoms with Crippen LogP contribution in [0.2, 0.25) is 0 Å². The number of ether oxygens (including phenoxy) is 1. The van der Waals surface area contributed by atoms with E-state index in [1.807, 2.05) is 48.5 Å². The SMILES string of the molecule is [O-][S+](c1ccccc1)c1cc(N2CCOCC2)nc2c(-c3ccn[nH]3)nccc12. The molecular formula is C21H19N5O2S. The monoisotopic (exact) mass is 405 g/mol. The first kappa shape index (κ1) is 18.1. The number of aromatic amines is 1. The molecule has 3 aromatic heterocycles. The van der Waals surface area contributed by atoms with Gasteiger partial charge in [0.15, 0.2) is 9.79 Å². The zero-order valence-electron chi connectivity index (χ0n) is 15.6. The highest BCUT2D eigenvalue weighted by Crippen LogP contribution is 2.34. The third-order valence-corrected chi connectivity index (χ3v) is 6.36. The van der Waals surface area contributed by atoms with Crippen LogP contribution >= 0.6 is 0 Å². The minimum Gasteiger partial charge on any atom is -0.606 e. The normalized spacial score (nSPS) is 15.6. The van der Waals surface area contributed by atoms with Gasteiger partial charge in [-0.1, -0.05) is 18.2 Å². The Balaban J connectivity index is 1.73. The van der Waals surface area contributed by atoms with Gasteiger partial charge in [-0.05, 0) is 24.3 Å². The highest BCUT2D eigenvalue weighted by Gasteiger charge is 2.24. The lowest BCUT2D eigenvalue weighted by atomic mass is 10.1. The lowest BCUT2D eigenvalue weighted by Gasteiger charge is -2.28. The number of fused-ring (bicyclic) bond motifs is 1. The lowest BCUT2D eigenvalue weighted by Crippen LogP contribution is -2.36. The molecule has 1 atom stereocenters. The molecule has 1 unspecified atom stereocenters. The number of benzene rings is 1. The van der Waals surface area contributed by atoms with Gasteiger partial charge < -0.3 is 14.2 Å². The molecule has 146 valence electrons. The van der Waals surface area contributed by atoms with Crippen molar-refractivity contribution in [2.75, 3.05) is 31.2 Å². The average Bonchev–Trinajstić information content (AvgIpc) is 3.33. The molecule has 5 rings (SSSR count). The number of anilines is 1. The van der Waals surface area contributed by atoms with Crippen molar-refractivity contribution in [2.45, 2.75) is 9.79 Å². The number of H-pyrrole nitrogens is 1. The molecule has 0 bridgehead atoms. The Morgan fingerprint density at radius 2 is 1.86 bits per heavy atom. The molecule has 1 saturated heterocycles. The summed E-state index contributed by atoms with van der Waals surface area (Å²) in [5, 5.41) is 7.83. The Kier molecular flexibility index (Phi) is 4.89. The molecule has 4 heterocycles. The molecule has 29 heavy (non-hydrogen) atoms. The Hall–Kier alpha value is -2.94. The predicted octanol–water partition coefficient (Wildman–Crippen LogP) is 3.02. The summed E-state index contributed by atoms with van der Waals surface area (Å²) in [6, 6.07) is 15.2. The fourth-order valence-corrected chi connectivity index (χ4v) is 4.71. The molecule has 1 aromatic carbocycles. The Labute approximate surface area is 170 Å². The van der Waals surface area contributed by atoms with Crippen LogP contribution in [0.25, 0.3) is 22.3 Å². The van der Waals surface area contributed by atoms with E-state index in [0.717, 1.165) is 39.8 Å². The third kappa shape index (κ3) is 3.46. The summed E-state index contributed by atoms with van der Waals surface area (Å²) in [5.74, 6) is 0.786. The minimum absolute atomic E-state index is 0.650. The van der Waals surface area contributed by atoms with Gasteiger partial charge in [0, 0.05) is 42.7 Å². The van der Waals surface area contributed by atoms with Crippen LogP contribution in [-0.2, 0) is 15.9 Å². The average molecular weight is 405 g/mol. The standard InChI is InChI=1S/C21H19N5O2S/c27-29(15-4-2-1-3-5-15)18-14-19(26-10-12-28-13-11-26)24-20-16(18)6-8-22-21(20)17-7-9-23-25-17/h1-9,14H,10-13H2,(H,23,25). The number of nitrogens with one attached hydrogen (secondary N) is 1. The van der Waals surface area contributed by atoms with Crippen LogP contribution in [0.3, 0.4) is 0 Å². The number of rotatable bonds is 4. The number of aromatic nitrogens is 4. The molecule has 8 heteroatoms. The first-order chi connectivity index (χ1) is 14.3. The van der Waals surface area contributed by atoms with Crippen molar-refractivity contribution in [3.05, 3.63) is 60.9 Å². The van der Waals surface area contributed by atoms with E-state index in [1.165, 1.54) is 0 Å².